The molecule has 2 aromatic heterocycles. The van der Waals surface area contributed by atoms with Crippen LogP contribution in [-0.4, -0.2) is 26.3 Å². The molecule has 0 spiro atoms. The second-order valence-corrected chi connectivity index (χ2v) is 5.58. The Morgan fingerprint density at radius 3 is 2.71 bits per heavy atom. The molecule has 0 saturated heterocycles. The van der Waals surface area contributed by atoms with Crippen LogP contribution in [0.2, 0.25) is 5.15 Å². The molecular weight excluding hydrogens is 286 g/mol. The van der Waals surface area contributed by atoms with E-state index in [2.05, 4.69) is 27.3 Å². The lowest BCUT2D eigenvalue weighted by Gasteiger charge is -2.18. The van der Waals surface area contributed by atoms with Gasteiger partial charge in [-0.15, -0.1) is 0 Å². The van der Waals surface area contributed by atoms with Gasteiger partial charge in [-0.25, -0.2) is 9.97 Å². The molecule has 114 valence electrons. The Kier molecular flexibility index (Phi) is 5.31. The van der Waals surface area contributed by atoms with Crippen molar-refractivity contribution < 1.29 is 0 Å². The molecular formula is C15H22ClN5. The number of halogens is 1. The highest BCUT2D eigenvalue weighted by Gasteiger charge is 2.19. The molecule has 1 unspecified atom stereocenters. The van der Waals surface area contributed by atoms with E-state index in [1.165, 1.54) is 0 Å². The van der Waals surface area contributed by atoms with Gasteiger partial charge in [0.2, 0.25) is 0 Å². The zero-order chi connectivity index (χ0) is 15.4. The third kappa shape index (κ3) is 3.80. The third-order valence-electron chi connectivity index (χ3n) is 3.47. The van der Waals surface area contributed by atoms with Gasteiger partial charge in [-0.3, -0.25) is 4.68 Å². The largest absolute Gasteiger partial charge is 0.308 e. The lowest BCUT2D eigenvalue weighted by atomic mass is 10.0. The highest BCUT2D eigenvalue weighted by atomic mass is 35.5. The molecule has 0 aromatic carbocycles. The zero-order valence-electron chi connectivity index (χ0n) is 13.0. The van der Waals surface area contributed by atoms with Crippen molar-refractivity contribution in [3.05, 3.63) is 40.2 Å². The average molecular weight is 308 g/mol. The fourth-order valence-electron chi connectivity index (χ4n) is 2.38. The van der Waals surface area contributed by atoms with Crippen LogP contribution in [0.1, 0.15) is 42.2 Å². The first-order valence-corrected chi connectivity index (χ1v) is 7.61. The summed E-state index contributed by atoms with van der Waals surface area (Å²) >= 11 is 6.35. The molecule has 21 heavy (non-hydrogen) atoms. The number of hydrogen-bond donors (Lipinski definition) is 1. The molecule has 1 N–H and O–H groups in total. The Bertz CT molecular complexity index is 608. The summed E-state index contributed by atoms with van der Waals surface area (Å²) in [6.45, 7) is 6.98. The molecule has 0 aliphatic rings. The van der Waals surface area contributed by atoms with Gasteiger partial charge >= 0.3 is 0 Å². The van der Waals surface area contributed by atoms with E-state index in [0.29, 0.717) is 5.15 Å². The molecule has 0 fully saturated rings. The fourth-order valence-corrected chi connectivity index (χ4v) is 2.63. The highest BCUT2D eigenvalue weighted by Crippen LogP contribution is 2.25. The summed E-state index contributed by atoms with van der Waals surface area (Å²) in [7, 11) is 1.86. The Morgan fingerprint density at radius 1 is 1.38 bits per heavy atom. The van der Waals surface area contributed by atoms with Crippen molar-refractivity contribution in [2.45, 2.75) is 39.7 Å². The SMILES string of the molecule is CCCNC(Cc1c(C)nn(C)c1Cl)c1ccnc(C)n1. The van der Waals surface area contributed by atoms with Crippen molar-refractivity contribution in [2.24, 2.45) is 7.05 Å². The molecule has 0 amide bonds. The standard InChI is InChI=1S/C15H22ClN5/c1-5-7-18-14(13-6-8-17-11(3)19-13)9-12-10(2)20-21(4)15(12)16/h6,8,14,18H,5,7,9H2,1-4H3. The smallest absolute Gasteiger partial charge is 0.130 e. The molecule has 5 nitrogen and oxygen atoms in total. The van der Waals surface area contributed by atoms with Gasteiger partial charge in [-0.05, 0) is 39.3 Å². The van der Waals surface area contributed by atoms with Crippen LogP contribution in [0.3, 0.4) is 0 Å². The molecule has 0 bridgehead atoms. The number of aryl methyl sites for hydroxylation is 3. The van der Waals surface area contributed by atoms with Crippen LogP contribution in [0, 0.1) is 13.8 Å². The Labute approximate surface area is 130 Å². The van der Waals surface area contributed by atoms with Gasteiger partial charge < -0.3 is 5.32 Å². The number of nitrogens with zero attached hydrogens (tertiary/aromatic N) is 4. The minimum Gasteiger partial charge on any atom is -0.308 e. The van der Waals surface area contributed by atoms with E-state index < -0.39 is 0 Å². The first-order chi connectivity index (χ1) is 10.0. The number of nitrogens with one attached hydrogen (secondary N) is 1. The maximum Gasteiger partial charge on any atom is 0.130 e. The van der Waals surface area contributed by atoms with E-state index in [4.69, 9.17) is 11.6 Å². The van der Waals surface area contributed by atoms with Gasteiger partial charge in [0, 0.05) is 18.8 Å². The quantitative estimate of drug-likeness (QED) is 0.891. The lowest BCUT2D eigenvalue weighted by molar-refractivity contribution is 0.514. The number of rotatable bonds is 6. The Morgan fingerprint density at radius 2 is 2.14 bits per heavy atom. The first-order valence-electron chi connectivity index (χ1n) is 7.23. The summed E-state index contributed by atoms with van der Waals surface area (Å²) in [6.07, 6.45) is 3.64. The zero-order valence-corrected chi connectivity index (χ0v) is 13.8. The second-order valence-electron chi connectivity index (χ2n) is 5.22. The Hall–Kier alpha value is -1.46. The highest BCUT2D eigenvalue weighted by molar-refractivity contribution is 6.30. The monoisotopic (exact) mass is 307 g/mol. The van der Waals surface area contributed by atoms with Gasteiger partial charge in [0.05, 0.1) is 17.4 Å². The van der Waals surface area contributed by atoms with Crippen LogP contribution >= 0.6 is 11.6 Å². The first kappa shape index (κ1) is 15.9. The van der Waals surface area contributed by atoms with Crippen LogP contribution in [0.15, 0.2) is 12.3 Å². The van der Waals surface area contributed by atoms with Gasteiger partial charge in [-0.2, -0.15) is 5.10 Å². The van der Waals surface area contributed by atoms with E-state index >= 15 is 0 Å². The average Bonchev–Trinajstić information content (AvgIpc) is 2.69. The number of hydrogen-bond acceptors (Lipinski definition) is 4. The number of aromatic nitrogens is 4. The Balaban J connectivity index is 2.28. The van der Waals surface area contributed by atoms with Crippen molar-refractivity contribution in [1.29, 1.82) is 0 Å². The third-order valence-corrected chi connectivity index (χ3v) is 3.95. The van der Waals surface area contributed by atoms with Crippen LogP contribution in [-0.2, 0) is 13.5 Å². The normalized spacial score (nSPS) is 12.6. The summed E-state index contributed by atoms with van der Waals surface area (Å²) in [4.78, 5) is 8.71. The van der Waals surface area contributed by atoms with Crippen LogP contribution < -0.4 is 5.32 Å². The molecule has 0 aliphatic heterocycles. The summed E-state index contributed by atoms with van der Waals surface area (Å²) in [5.41, 5.74) is 3.04. The minimum atomic E-state index is 0.118. The second kappa shape index (κ2) is 7.00. The van der Waals surface area contributed by atoms with Crippen LogP contribution in [0.25, 0.3) is 0 Å². The van der Waals surface area contributed by atoms with Crippen molar-refractivity contribution >= 4 is 11.6 Å². The molecule has 2 heterocycles. The summed E-state index contributed by atoms with van der Waals surface area (Å²) < 4.78 is 1.72. The van der Waals surface area contributed by atoms with Crippen molar-refractivity contribution in [1.82, 2.24) is 25.1 Å². The van der Waals surface area contributed by atoms with E-state index in [1.807, 2.05) is 27.0 Å². The topological polar surface area (TPSA) is 55.6 Å². The molecule has 0 radical (unpaired) electrons. The van der Waals surface area contributed by atoms with Gasteiger partial charge in [-0.1, -0.05) is 18.5 Å². The molecule has 0 saturated carbocycles. The van der Waals surface area contributed by atoms with Gasteiger partial charge in [0.1, 0.15) is 11.0 Å². The molecule has 6 heteroatoms. The summed E-state index contributed by atoms with van der Waals surface area (Å²) in [5.74, 6) is 0.782. The summed E-state index contributed by atoms with van der Waals surface area (Å²) in [5, 5.41) is 8.61. The van der Waals surface area contributed by atoms with Gasteiger partial charge in [0.25, 0.3) is 0 Å². The predicted octanol–water partition coefficient (Wildman–Crippen LogP) is 2.76. The summed E-state index contributed by atoms with van der Waals surface area (Å²) in [6, 6.07) is 2.08. The van der Waals surface area contributed by atoms with Gasteiger partial charge in [0.15, 0.2) is 0 Å². The molecule has 2 rings (SSSR count). The molecule has 2 aromatic rings. The maximum absolute atomic E-state index is 6.35. The van der Waals surface area contributed by atoms with E-state index in [-0.39, 0.29) is 6.04 Å². The van der Waals surface area contributed by atoms with Crippen molar-refractivity contribution in [3.8, 4) is 0 Å². The van der Waals surface area contributed by atoms with Crippen molar-refractivity contribution in [3.63, 3.8) is 0 Å². The van der Waals surface area contributed by atoms with Crippen LogP contribution in [0.5, 0.6) is 0 Å². The maximum atomic E-state index is 6.35. The van der Waals surface area contributed by atoms with E-state index in [1.54, 1.807) is 10.9 Å². The minimum absolute atomic E-state index is 0.118. The fraction of sp³-hybridized carbons (Fsp3) is 0.533. The van der Waals surface area contributed by atoms with E-state index in [0.717, 1.165) is 42.2 Å². The lowest BCUT2D eigenvalue weighted by Crippen LogP contribution is -2.25. The molecule has 1 atom stereocenters. The predicted molar refractivity (Wildman–Crippen MR) is 84.5 cm³/mol. The van der Waals surface area contributed by atoms with Crippen molar-refractivity contribution in [2.75, 3.05) is 6.54 Å². The van der Waals surface area contributed by atoms with Crippen LogP contribution in [0.4, 0.5) is 0 Å². The van der Waals surface area contributed by atoms with E-state index in [9.17, 15) is 0 Å². The molecule has 0 aliphatic carbocycles.